The summed E-state index contributed by atoms with van der Waals surface area (Å²) in [5, 5.41) is 7.13. The van der Waals surface area contributed by atoms with E-state index in [4.69, 9.17) is 11.6 Å². The number of sulfone groups is 1. The van der Waals surface area contributed by atoms with E-state index < -0.39 is 44.5 Å². The lowest BCUT2D eigenvalue weighted by Gasteiger charge is -2.36. The molecule has 0 radical (unpaired) electrons. The lowest BCUT2D eigenvalue weighted by molar-refractivity contribution is 0.102. The van der Waals surface area contributed by atoms with Crippen LogP contribution < -0.4 is 16.0 Å². The van der Waals surface area contributed by atoms with Gasteiger partial charge in [0.15, 0.2) is 27.3 Å². The van der Waals surface area contributed by atoms with Crippen molar-refractivity contribution >= 4 is 44.8 Å². The lowest BCUT2D eigenvalue weighted by Crippen LogP contribution is -2.49. The summed E-state index contributed by atoms with van der Waals surface area (Å²) < 4.78 is 68.0. The molecule has 2 unspecified atom stereocenters. The number of nitrogens with one attached hydrogen (secondary N) is 3. The predicted molar refractivity (Wildman–Crippen MR) is 147 cm³/mol. The van der Waals surface area contributed by atoms with Crippen molar-refractivity contribution in [1.29, 1.82) is 0 Å². The molecule has 1 aromatic heterocycles. The highest BCUT2D eigenvalue weighted by Gasteiger charge is 2.50. The van der Waals surface area contributed by atoms with Gasteiger partial charge in [-0.25, -0.2) is 26.4 Å². The highest BCUT2D eigenvalue weighted by molar-refractivity contribution is 7.92. The molecule has 0 saturated heterocycles. The standard InChI is InChI=1S/C28H26ClF3N4O4S/c1-14-7-16-8-19(12-20(14)26(16)36-28(38)35-17-3-2-6-33-13-17)41(39,40)24-9-15(4-5-21(24)29)27(37)34-18-10-22(30)25(32)23(31)11-18/h2-6,9-11,13-14,16,19-20,26H,7-8,12H2,1H3,(H,34,37)(H2,35,36,38)/t14-,16?,19+,20+,26?/m0/s1. The topological polar surface area (TPSA) is 117 Å². The summed E-state index contributed by atoms with van der Waals surface area (Å²) in [5.74, 6) is -5.51. The zero-order valence-corrected chi connectivity index (χ0v) is 23.3. The number of halogens is 4. The second kappa shape index (κ2) is 11.3. The highest BCUT2D eigenvalue weighted by atomic mass is 35.5. The Labute approximate surface area is 239 Å². The summed E-state index contributed by atoms with van der Waals surface area (Å²) in [6.45, 7) is 2.03. The number of carbonyl (C=O) groups excluding carboxylic acids is 2. The van der Waals surface area contributed by atoms with Crippen LogP contribution in [-0.2, 0) is 9.84 Å². The fraction of sp³-hybridized carbons (Fsp3) is 0.321. The molecule has 0 aliphatic heterocycles. The molecule has 13 heteroatoms. The summed E-state index contributed by atoms with van der Waals surface area (Å²) in [6, 6.07) is 7.71. The smallest absolute Gasteiger partial charge is 0.319 e. The van der Waals surface area contributed by atoms with Crippen LogP contribution >= 0.6 is 11.6 Å². The zero-order valence-electron chi connectivity index (χ0n) is 21.7. The fourth-order valence-electron chi connectivity index (χ4n) is 5.97. The van der Waals surface area contributed by atoms with Crippen molar-refractivity contribution in [2.24, 2.45) is 17.8 Å². The van der Waals surface area contributed by atoms with Gasteiger partial charge in [-0.2, -0.15) is 0 Å². The fourth-order valence-corrected chi connectivity index (χ4v) is 8.37. The van der Waals surface area contributed by atoms with Gasteiger partial charge in [0.1, 0.15) is 0 Å². The Balaban J connectivity index is 1.32. The normalized spacial score (nSPS) is 23.6. The molecular formula is C28H26ClF3N4O4S. The maximum absolute atomic E-state index is 13.8. The van der Waals surface area contributed by atoms with Gasteiger partial charge in [0.2, 0.25) is 0 Å². The third-order valence-corrected chi connectivity index (χ3v) is 10.5. The van der Waals surface area contributed by atoms with Gasteiger partial charge in [-0.1, -0.05) is 18.5 Å². The second-order valence-corrected chi connectivity index (χ2v) is 13.1. The molecule has 2 aliphatic rings. The highest BCUT2D eigenvalue weighted by Crippen LogP contribution is 2.49. The molecule has 3 N–H and O–H groups in total. The monoisotopic (exact) mass is 606 g/mol. The number of urea groups is 1. The first-order chi connectivity index (χ1) is 19.4. The summed E-state index contributed by atoms with van der Waals surface area (Å²) >= 11 is 6.29. The van der Waals surface area contributed by atoms with E-state index in [0.717, 1.165) is 12.5 Å². The number of carbonyl (C=O) groups is 2. The number of pyridine rings is 1. The van der Waals surface area contributed by atoms with Crippen LogP contribution in [0.1, 0.15) is 36.5 Å². The Kier molecular flexibility index (Phi) is 7.97. The van der Waals surface area contributed by atoms with Gasteiger partial charge in [0, 0.05) is 35.6 Å². The molecule has 2 fully saturated rings. The van der Waals surface area contributed by atoms with Gasteiger partial charge < -0.3 is 16.0 Å². The van der Waals surface area contributed by atoms with Gasteiger partial charge in [-0.3, -0.25) is 9.78 Å². The van der Waals surface area contributed by atoms with Crippen molar-refractivity contribution in [3.8, 4) is 0 Å². The number of nitrogens with zero attached hydrogens (tertiary/aromatic N) is 1. The van der Waals surface area contributed by atoms with Crippen LogP contribution in [0.4, 0.5) is 29.3 Å². The lowest BCUT2D eigenvalue weighted by atomic mass is 9.82. The third kappa shape index (κ3) is 5.89. The number of rotatable bonds is 6. The van der Waals surface area contributed by atoms with Crippen molar-refractivity contribution in [3.05, 3.63) is 82.9 Å². The van der Waals surface area contributed by atoms with E-state index in [1.54, 1.807) is 18.3 Å². The van der Waals surface area contributed by atoms with Crippen LogP contribution in [0.5, 0.6) is 0 Å². The molecular weight excluding hydrogens is 581 g/mol. The van der Waals surface area contributed by atoms with E-state index in [1.165, 1.54) is 18.3 Å². The average Bonchev–Trinajstić information content (AvgIpc) is 3.08. The molecule has 3 amide bonds. The van der Waals surface area contributed by atoms with Crippen LogP contribution in [0.15, 0.2) is 59.8 Å². The Morgan fingerprint density at radius 3 is 2.37 bits per heavy atom. The Morgan fingerprint density at radius 2 is 1.71 bits per heavy atom. The molecule has 8 nitrogen and oxygen atoms in total. The molecule has 2 bridgehead atoms. The number of anilines is 2. The van der Waals surface area contributed by atoms with Crippen molar-refractivity contribution < 1.29 is 31.2 Å². The number of amides is 3. The molecule has 3 aromatic rings. The molecule has 1 heterocycles. The van der Waals surface area contributed by atoms with Crippen LogP contribution in [0, 0.1) is 35.2 Å². The SMILES string of the molecule is C[C@H]1CC2C[C@@H](S(=O)(=O)c3cc(C(=O)Nc4cc(F)c(F)c(F)c4)ccc3Cl)C[C@H]1C2NC(=O)Nc1cccnc1. The molecule has 2 aliphatic carbocycles. The van der Waals surface area contributed by atoms with Crippen molar-refractivity contribution in [2.75, 3.05) is 10.6 Å². The molecule has 216 valence electrons. The van der Waals surface area contributed by atoms with Crippen LogP contribution in [0.25, 0.3) is 0 Å². The maximum atomic E-state index is 13.8. The minimum absolute atomic E-state index is 0.0723. The molecule has 5 rings (SSSR count). The quantitative estimate of drug-likeness (QED) is 0.307. The molecule has 41 heavy (non-hydrogen) atoms. The minimum Gasteiger partial charge on any atom is -0.335 e. The van der Waals surface area contributed by atoms with Crippen LogP contribution in [-0.4, -0.2) is 36.6 Å². The molecule has 5 atom stereocenters. The van der Waals surface area contributed by atoms with E-state index in [9.17, 15) is 31.2 Å². The first-order valence-electron chi connectivity index (χ1n) is 12.9. The van der Waals surface area contributed by atoms with E-state index in [2.05, 4.69) is 20.9 Å². The first kappa shape index (κ1) is 28.9. The summed E-state index contributed by atoms with van der Waals surface area (Å²) in [4.78, 5) is 29.2. The largest absolute Gasteiger partial charge is 0.335 e. The summed E-state index contributed by atoms with van der Waals surface area (Å²) in [5.41, 5.74) is 0.0847. The number of hydrogen-bond donors (Lipinski definition) is 3. The zero-order chi connectivity index (χ0) is 29.5. The Hall–Kier alpha value is -3.64. The summed E-state index contributed by atoms with van der Waals surface area (Å²) in [6.07, 6.45) is 4.44. The van der Waals surface area contributed by atoms with Crippen molar-refractivity contribution in [1.82, 2.24) is 10.3 Å². The van der Waals surface area contributed by atoms with Gasteiger partial charge in [0.25, 0.3) is 5.91 Å². The molecule has 2 aromatic carbocycles. The number of aromatic nitrogens is 1. The molecule has 0 spiro atoms. The van der Waals surface area contributed by atoms with Crippen LogP contribution in [0.3, 0.4) is 0 Å². The summed E-state index contributed by atoms with van der Waals surface area (Å²) in [7, 11) is -4.01. The third-order valence-electron chi connectivity index (χ3n) is 7.87. The first-order valence-corrected chi connectivity index (χ1v) is 14.8. The number of hydrogen-bond acceptors (Lipinski definition) is 5. The number of fused-ring (bicyclic) bond motifs is 2. The van der Waals surface area contributed by atoms with E-state index >= 15 is 0 Å². The van der Waals surface area contributed by atoms with Gasteiger partial charge in [0.05, 0.1) is 27.1 Å². The predicted octanol–water partition coefficient (Wildman–Crippen LogP) is 5.80. The number of benzene rings is 2. The Bertz CT molecular complexity index is 1590. The van der Waals surface area contributed by atoms with Gasteiger partial charge in [-0.15, -0.1) is 0 Å². The van der Waals surface area contributed by atoms with Crippen molar-refractivity contribution in [2.45, 2.75) is 42.4 Å². The Morgan fingerprint density at radius 1 is 0.976 bits per heavy atom. The molecule has 2 saturated carbocycles. The van der Waals surface area contributed by atoms with E-state index in [-0.39, 0.29) is 45.0 Å². The van der Waals surface area contributed by atoms with E-state index in [1.807, 2.05) is 6.92 Å². The van der Waals surface area contributed by atoms with Gasteiger partial charge in [-0.05, 0) is 67.3 Å². The average molecular weight is 607 g/mol. The minimum atomic E-state index is -4.01. The second-order valence-electron chi connectivity index (χ2n) is 10.5. The maximum Gasteiger partial charge on any atom is 0.319 e. The van der Waals surface area contributed by atoms with E-state index in [0.29, 0.717) is 30.7 Å². The van der Waals surface area contributed by atoms with Gasteiger partial charge >= 0.3 is 6.03 Å². The van der Waals surface area contributed by atoms with Crippen LogP contribution in [0.2, 0.25) is 5.02 Å². The van der Waals surface area contributed by atoms with Crippen molar-refractivity contribution in [3.63, 3.8) is 0 Å².